The van der Waals surface area contributed by atoms with Gasteiger partial charge in [-0.1, -0.05) is 141 Å². The first-order chi connectivity index (χ1) is 37.4. The third kappa shape index (κ3) is 5.59. The van der Waals surface area contributed by atoms with Crippen molar-refractivity contribution in [3.05, 3.63) is 172 Å². The molecule has 8 aromatic carbocycles. The average molecular weight is 1030 g/mol. The van der Waals surface area contributed by atoms with E-state index >= 15 is 0 Å². The van der Waals surface area contributed by atoms with Gasteiger partial charge in [0.2, 0.25) is 0 Å². The Bertz CT molecular complexity index is 4380. The van der Waals surface area contributed by atoms with Crippen LogP contribution in [-0.4, -0.2) is 12.3 Å². The molecule has 3 aliphatic carbocycles. The summed E-state index contributed by atoms with van der Waals surface area (Å²) in [5.41, 5.74) is 26.2. The number of rotatable bonds is 1. The summed E-state index contributed by atoms with van der Waals surface area (Å²) < 4.78 is 9.66. The van der Waals surface area contributed by atoms with E-state index in [4.69, 9.17) is 4.42 Å². The van der Waals surface area contributed by atoms with Crippen LogP contribution in [0.15, 0.2) is 138 Å². The van der Waals surface area contributed by atoms with E-state index in [1.54, 1.807) is 0 Å². The Morgan fingerprint density at radius 3 is 1.90 bits per heavy atom. The van der Waals surface area contributed by atoms with Gasteiger partial charge in [0.1, 0.15) is 11.2 Å². The van der Waals surface area contributed by atoms with Crippen molar-refractivity contribution in [2.45, 2.75) is 153 Å². The number of hydrogen-bond donors (Lipinski definition) is 0. The third-order valence-electron chi connectivity index (χ3n) is 22.3. The van der Waals surface area contributed by atoms with Gasteiger partial charge < -0.3 is 19.1 Å². The second-order valence-corrected chi connectivity index (χ2v) is 28.8. The minimum absolute atomic E-state index is 0.00196. The highest BCUT2D eigenvalue weighted by Gasteiger charge is 2.59. The summed E-state index contributed by atoms with van der Waals surface area (Å²) in [6.45, 7) is 25.2. The van der Waals surface area contributed by atoms with Crippen molar-refractivity contribution in [2.75, 3.05) is 14.7 Å². The Morgan fingerprint density at radius 2 is 1.10 bits per heavy atom. The zero-order valence-corrected chi connectivity index (χ0v) is 47.9. The van der Waals surface area contributed by atoms with Crippen LogP contribution in [0.2, 0.25) is 0 Å². The number of nitrogens with zero attached hydrogens (tertiary/aromatic N) is 3. The molecule has 3 atom stereocenters. The predicted octanol–water partition coefficient (Wildman–Crippen LogP) is 18.1. The Morgan fingerprint density at radius 1 is 0.462 bits per heavy atom. The van der Waals surface area contributed by atoms with Gasteiger partial charge in [-0.05, 0) is 185 Å². The summed E-state index contributed by atoms with van der Waals surface area (Å²) in [4.78, 5) is 8.44. The fourth-order valence-corrected chi connectivity index (χ4v) is 18.6. The minimum atomic E-state index is -0.194. The SMILES string of the molecule is Cc1cc2c3cc1N1c4cc5c(cc4B4c6cc7c(cc6N(c6cccc8c6sc6ccccc68)c6cc(cc1c64)N1c4cc(ccc4C4(C)CCCCC14C)C3(C)CCC2(C)C)C(C)(C)CCC7(C)C)oc1ccccc15. The molecule has 78 heavy (non-hydrogen) atoms. The first kappa shape index (κ1) is 46.2. The molecule has 1 fully saturated rings. The Balaban J connectivity index is 1.08. The van der Waals surface area contributed by atoms with Crippen LogP contribution in [-0.2, 0) is 27.1 Å². The first-order valence-electron chi connectivity index (χ1n) is 29.3. The van der Waals surface area contributed by atoms with Gasteiger partial charge in [-0.2, -0.15) is 0 Å². The normalized spacial score (nSPS) is 24.2. The summed E-state index contributed by atoms with van der Waals surface area (Å²) in [7, 11) is 0. The van der Waals surface area contributed by atoms with Gasteiger partial charge in [0.25, 0.3) is 6.71 Å². The average Bonchev–Trinajstić information content (AvgIpc) is 2.23. The van der Waals surface area contributed by atoms with Gasteiger partial charge in [-0.25, -0.2) is 0 Å². The van der Waals surface area contributed by atoms with Gasteiger partial charge >= 0.3 is 0 Å². The molecule has 2 aromatic heterocycles. The molecule has 10 aromatic rings. The highest BCUT2D eigenvalue weighted by molar-refractivity contribution is 7.26. The van der Waals surface area contributed by atoms with E-state index in [0.29, 0.717) is 0 Å². The minimum Gasteiger partial charge on any atom is -0.456 e. The van der Waals surface area contributed by atoms with E-state index in [2.05, 4.69) is 217 Å². The van der Waals surface area contributed by atoms with Crippen molar-refractivity contribution in [2.24, 2.45) is 0 Å². The van der Waals surface area contributed by atoms with Gasteiger partial charge in [-0.15, -0.1) is 11.3 Å². The smallest absolute Gasteiger partial charge is 0.252 e. The molecule has 0 radical (unpaired) electrons. The van der Waals surface area contributed by atoms with Crippen molar-refractivity contribution in [3.63, 3.8) is 0 Å². The highest BCUT2D eigenvalue weighted by Crippen LogP contribution is 2.64. The highest BCUT2D eigenvalue weighted by atomic mass is 32.1. The molecule has 0 amide bonds. The maximum atomic E-state index is 7.00. The number of anilines is 8. The maximum Gasteiger partial charge on any atom is 0.252 e. The summed E-state index contributed by atoms with van der Waals surface area (Å²) in [6, 6.07) is 53.8. The summed E-state index contributed by atoms with van der Waals surface area (Å²) in [5, 5.41) is 4.99. The van der Waals surface area contributed by atoms with Crippen LogP contribution in [0.1, 0.15) is 153 Å². The quantitative estimate of drug-likeness (QED) is 0.153. The number of furan rings is 1. The van der Waals surface area contributed by atoms with Crippen molar-refractivity contribution >= 4 is 122 Å². The molecule has 4 aliphatic heterocycles. The largest absolute Gasteiger partial charge is 0.456 e. The van der Waals surface area contributed by atoms with Crippen molar-refractivity contribution < 1.29 is 4.42 Å². The molecule has 4 nitrogen and oxygen atoms in total. The molecule has 386 valence electrons. The fourth-order valence-electron chi connectivity index (χ4n) is 17.4. The monoisotopic (exact) mass is 1030 g/mol. The lowest BCUT2D eigenvalue weighted by Crippen LogP contribution is -2.62. The second kappa shape index (κ2) is 14.7. The van der Waals surface area contributed by atoms with Gasteiger partial charge in [0.15, 0.2) is 0 Å². The molecule has 0 saturated heterocycles. The van der Waals surface area contributed by atoms with E-state index in [9.17, 15) is 0 Å². The third-order valence-corrected chi connectivity index (χ3v) is 23.5. The lowest BCUT2D eigenvalue weighted by Gasteiger charge is -2.51. The molecule has 17 rings (SSSR count). The van der Waals surface area contributed by atoms with E-state index in [1.807, 2.05) is 11.3 Å². The standard InChI is InChI=1S/C72H68BN3OS/c1-41-32-49-52-39-56(41)75-58-36-47-44-18-11-13-22-62(44)77-63(47)40-54(58)73-53-37-50-51(68(4,5)29-28-67(50,2)3)38-59(53)74(55-21-17-20-46-45-19-12-14-23-64(45)78-66(46)55)60-34-43(35-61(75)65(60)73)76-57-33-42(70(52,8)31-30-69(49,6)7)24-25-48(57)71(9)26-15-16-27-72(71,76)10/h11-14,17-25,32-40H,15-16,26-31H2,1-10H3. The lowest BCUT2D eigenvalue weighted by molar-refractivity contribution is 0.195. The summed E-state index contributed by atoms with van der Waals surface area (Å²) >= 11 is 1.95. The molecule has 6 heterocycles. The number of benzene rings is 8. The van der Waals surface area contributed by atoms with Crippen LogP contribution in [0.25, 0.3) is 42.1 Å². The van der Waals surface area contributed by atoms with Crippen LogP contribution < -0.4 is 31.1 Å². The van der Waals surface area contributed by atoms with Gasteiger partial charge in [0.05, 0.1) is 15.9 Å². The van der Waals surface area contributed by atoms with Gasteiger partial charge in [0, 0.05) is 76.9 Å². The van der Waals surface area contributed by atoms with Crippen molar-refractivity contribution in [1.82, 2.24) is 0 Å². The van der Waals surface area contributed by atoms with Crippen molar-refractivity contribution in [1.29, 1.82) is 0 Å². The van der Waals surface area contributed by atoms with Crippen LogP contribution in [0.5, 0.6) is 0 Å². The van der Waals surface area contributed by atoms with E-state index in [1.165, 1.54) is 151 Å². The van der Waals surface area contributed by atoms with Crippen molar-refractivity contribution in [3.8, 4) is 0 Å². The number of hydrogen-bond acceptors (Lipinski definition) is 5. The van der Waals surface area contributed by atoms with Crippen LogP contribution in [0.4, 0.5) is 45.5 Å². The van der Waals surface area contributed by atoms with Crippen LogP contribution in [0, 0.1) is 6.92 Å². The Hall–Kier alpha value is -6.76. The molecule has 1 saturated carbocycles. The van der Waals surface area contributed by atoms with E-state index < -0.39 is 0 Å². The molecular formula is C72H68BN3OS. The molecule has 0 spiro atoms. The van der Waals surface area contributed by atoms with E-state index in [0.717, 1.165) is 43.3 Å². The topological polar surface area (TPSA) is 22.9 Å². The molecule has 0 N–H and O–H groups in total. The molecule has 6 bridgehead atoms. The fraction of sp³-hybridized carbons (Fsp3) is 0.333. The summed E-state index contributed by atoms with van der Waals surface area (Å²) in [6.07, 6.45) is 9.33. The predicted molar refractivity (Wildman–Crippen MR) is 332 cm³/mol. The van der Waals surface area contributed by atoms with Crippen LogP contribution in [0.3, 0.4) is 0 Å². The molecule has 7 aliphatic rings. The number of para-hydroxylation sites is 1. The van der Waals surface area contributed by atoms with Crippen LogP contribution >= 0.6 is 11.3 Å². The first-order valence-corrected chi connectivity index (χ1v) is 30.1. The zero-order chi connectivity index (χ0) is 52.9. The number of fused-ring (bicyclic) bond motifs is 21. The second-order valence-electron chi connectivity index (χ2n) is 27.8. The summed E-state index contributed by atoms with van der Waals surface area (Å²) in [5.74, 6) is 0. The Labute approximate surface area is 464 Å². The lowest BCUT2D eigenvalue weighted by atomic mass is 9.33. The molecule has 3 unspecified atom stereocenters. The zero-order valence-electron chi connectivity index (χ0n) is 47.1. The maximum absolute atomic E-state index is 7.00. The van der Waals surface area contributed by atoms with E-state index in [-0.39, 0.29) is 39.3 Å². The molecule has 6 heteroatoms. The molecular weight excluding hydrogens is 966 g/mol. The van der Waals surface area contributed by atoms with Gasteiger partial charge in [-0.3, -0.25) is 0 Å². The number of thiophene rings is 1. The Kier molecular flexibility index (Phi) is 8.72. The number of aryl methyl sites for hydroxylation is 1.